The number of thiophene rings is 1. The summed E-state index contributed by atoms with van der Waals surface area (Å²) in [6.45, 7) is 2.79. The zero-order valence-corrected chi connectivity index (χ0v) is 14.8. The molecule has 1 heterocycles. The van der Waals surface area contributed by atoms with Crippen molar-refractivity contribution in [3.8, 4) is 0 Å². The van der Waals surface area contributed by atoms with E-state index in [0.29, 0.717) is 0 Å². The van der Waals surface area contributed by atoms with Crippen LogP contribution in [0.4, 0.5) is 4.79 Å². The molecular formula is C18H25N3OS. The van der Waals surface area contributed by atoms with E-state index in [9.17, 15) is 4.79 Å². The van der Waals surface area contributed by atoms with Crippen LogP contribution in [0.15, 0.2) is 47.8 Å². The molecule has 2 unspecified atom stereocenters. The van der Waals surface area contributed by atoms with E-state index in [4.69, 9.17) is 0 Å². The van der Waals surface area contributed by atoms with Crippen molar-refractivity contribution >= 4 is 17.4 Å². The minimum atomic E-state index is -0.121. The Labute approximate surface area is 142 Å². The van der Waals surface area contributed by atoms with Crippen molar-refractivity contribution in [3.63, 3.8) is 0 Å². The molecule has 124 valence electrons. The second kappa shape index (κ2) is 8.70. The molecule has 0 aliphatic carbocycles. The molecule has 0 saturated carbocycles. The molecule has 2 rings (SSSR count). The molecule has 2 atom stereocenters. The highest BCUT2D eigenvalue weighted by Gasteiger charge is 2.16. The van der Waals surface area contributed by atoms with Gasteiger partial charge in [0.2, 0.25) is 0 Å². The van der Waals surface area contributed by atoms with Crippen molar-refractivity contribution in [2.75, 3.05) is 20.6 Å². The summed E-state index contributed by atoms with van der Waals surface area (Å²) in [6, 6.07) is 14.2. The average molecular weight is 331 g/mol. The second-order valence-electron chi connectivity index (χ2n) is 6.03. The molecule has 0 saturated heterocycles. The van der Waals surface area contributed by atoms with E-state index in [-0.39, 0.29) is 18.1 Å². The van der Waals surface area contributed by atoms with E-state index in [1.54, 1.807) is 11.3 Å². The molecule has 0 bridgehead atoms. The predicted molar refractivity (Wildman–Crippen MR) is 96.9 cm³/mol. The molecule has 2 aromatic rings. The van der Waals surface area contributed by atoms with Crippen molar-refractivity contribution in [1.82, 2.24) is 15.5 Å². The Balaban J connectivity index is 1.92. The van der Waals surface area contributed by atoms with Gasteiger partial charge in [0.1, 0.15) is 0 Å². The number of carbonyl (C=O) groups is 1. The number of nitrogens with zero attached hydrogens (tertiary/aromatic N) is 1. The largest absolute Gasteiger partial charge is 0.335 e. The third kappa shape index (κ3) is 6.04. The fraction of sp³-hybridized carbons (Fsp3) is 0.389. The van der Waals surface area contributed by atoms with Crippen LogP contribution < -0.4 is 10.6 Å². The zero-order valence-electron chi connectivity index (χ0n) is 14.0. The first-order valence-electron chi connectivity index (χ1n) is 7.83. The van der Waals surface area contributed by atoms with Gasteiger partial charge in [-0.1, -0.05) is 36.4 Å². The van der Waals surface area contributed by atoms with E-state index < -0.39 is 0 Å². The van der Waals surface area contributed by atoms with Gasteiger partial charge in [-0.05, 0) is 38.0 Å². The van der Waals surface area contributed by atoms with Crippen molar-refractivity contribution < 1.29 is 4.79 Å². The summed E-state index contributed by atoms with van der Waals surface area (Å²) in [5, 5.41) is 8.18. The van der Waals surface area contributed by atoms with Gasteiger partial charge in [0.25, 0.3) is 0 Å². The summed E-state index contributed by atoms with van der Waals surface area (Å²) in [5.41, 5.74) is 1.11. The van der Waals surface area contributed by atoms with Crippen LogP contribution >= 0.6 is 11.3 Å². The van der Waals surface area contributed by atoms with Crippen LogP contribution in [0.1, 0.15) is 23.4 Å². The fourth-order valence-corrected chi connectivity index (χ4v) is 3.33. The lowest BCUT2D eigenvalue weighted by molar-refractivity contribution is 0.230. The Kier molecular flexibility index (Phi) is 6.62. The Morgan fingerprint density at radius 1 is 1.13 bits per heavy atom. The number of hydrogen-bond acceptors (Lipinski definition) is 3. The lowest BCUT2D eigenvalue weighted by atomic mass is 10.1. The number of hydrogen-bond donors (Lipinski definition) is 2. The highest BCUT2D eigenvalue weighted by molar-refractivity contribution is 7.09. The maximum Gasteiger partial charge on any atom is 0.315 e. The van der Waals surface area contributed by atoms with Gasteiger partial charge < -0.3 is 15.5 Å². The zero-order chi connectivity index (χ0) is 16.7. The molecule has 1 aromatic carbocycles. The SMILES string of the molecule is CC(Cc1cccs1)NC(=O)NC(CN(C)C)c1ccccc1. The van der Waals surface area contributed by atoms with Crippen molar-refractivity contribution in [3.05, 3.63) is 58.3 Å². The highest BCUT2D eigenvalue weighted by Crippen LogP contribution is 2.14. The van der Waals surface area contributed by atoms with Crippen LogP contribution in [0.25, 0.3) is 0 Å². The second-order valence-corrected chi connectivity index (χ2v) is 7.06. The summed E-state index contributed by atoms with van der Waals surface area (Å²) >= 11 is 1.72. The third-order valence-corrected chi connectivity index (χ3v) is 4.42. The van der Waals surface area contributed by atoms with E-state index in [2.05, 4.69) is 27.0 Å². The van der Waals surface area contributed by atoms with Crippen LogP contribution in [0.2, 0.25) is 0 Å². The number of urea groups is 1. The number of likely N-dealkylation sites (N-methyl/N-ethyl adjacent to an activating group) is 1. The number of nitrogens with one attached hydrogen (secondary N) is 2. The van der Waals surface area contributed by atoms with Gasteiger partial charge in [-0.15, -0.1) is 11.3 Å². The Morgan fingerprint density at radius 3 is 2.48 bits per heavy atom. The molecule has 4 nitrogen and oxygen atoms in total. The van der Waals surface area contributed by atoms with Crippen LogP contribution in [-0.4, -0.2) is 37.6 Å². The lowest BCUT2D eigenvalue weighted by Crippen LogP contribution is -2.45. The van der Waals surface area contributed by atoms with Gasteiger partial charge in [0, 0.05) is 23.9 Å². The van der Waals surface area contributed by atoms with Crippen molar-refractivity contribution in [1.29, 1.82) is 0 Å². The van der Waals surface area contributed by atoms with Crippen LogP contribution in [-0.2, 0) is 6.42 Å². The molecule has 2 N–H and O–H groups in total. The minimum absolute atomic E-state index is 0.0277. The van der Waals surface area contributed by atoms with Crippen molar-refractivity contribution in [2.24, 2.45) is 0 Å². The molecule has 23 heavy (non-hydrogen) atoms. The summed E-state index contributed by atoms with van der Waals surface area (Å²) in [4.78, 5) is 15.7. The Hall–Kier alpha value is -1.85. The Bertz CT molecular complexity index is 584. The monoisotopic (exact) mass is 331 g/mol. The Morgan fingerprint density at radius 2 is 1.87 bits per heavy atom. The smallest absolute Gasteiger partial charge is 0.315 e. The highest BCUT2D eigenvalue weighted by atomic mass is 32.1. The van der Waals surface area contributed by atoms with Gasteiger partial charge in [0.05, 0.1) is 6.04 Å². The van der Waals surface area contributed by atoms with Gasteiger partial charge in [-0.25, -0.2) is 4.79 Å². The molecule has 0 aliphatic rings. The van der Waals surface area contributed by atoms with Gasteiger partial charge in [-0.2, -0.15) is 0 Å². The molecule has 0 aliphatic heterocycles. The normalized spacial score (nSPS) is 13.6. The number of rotatable bonds is 7. The summed E-state index contributed by atoms with van der Waals surface area (Å²) < 4.78 is 0. The van der Waals surface area contributed by atoms with Crippen LogP contribution in [0, 0.1) is 0 Å². The molecule has 5 heteroatoms. The summed E-state index contributed by atoms with van der Waals surface area (Å²) in [5.74, 6) is 0. The topological polar surface area (TPSA) is 44.4 Å². The minimum Gasteiger partial charge on any atom is -0.335 e. The third-order valence-electron chi connectivity index (χ3n) is 3.52. The summed E-state index contributed by atoms with van der Waals surface area (Å²) in [7, 11) is 4.02. The molecular weight excluding hydrogens is 306 g/mol. The van der Waals surface area contributed by atoms with E-state index >= 15 is 0 Å². The first-order chi connectivity index (χ1) is 11.0. The van der Waals surface area contributed by atoms with Gasteiger partial charge in [0.15, 0.2) is 0 Å². The number of benzene rings is 1. The first-order valence-corrected chi connectivity index (χ1v) is 8.71. The molecule has 0 radical (unpaired) electrons. The van der Waals surface area contributed by atoms with Crippen LogP contribution in [0.5, 0.6) is 0 Å². The maximum absolute atomic E-state index is 12.3. The van der Waals surface area contributed by atoms with Gasteiger partial charge >= 0.3 is 6.03 Å². The van der Waals surface area contributed by atoms with E-state index in [0.717, 1.165) is 18.5 Å². The van der Waals surface area contributed by atoms with Crippen molar-refractivity contribution in [2.45, 2.75) is 25.4 Å². The average Bonchev–Trinajstić information content (AvgIpc) is 2.99. The standard InChI is InChI=1S/C18H25N3OS/c1-14(12-16-10-7-11-23-16)19-18(22)20-17(13-21(2)3)15-8-5-4-6-9-15/h4-11,14,17H,12-13H2,1-3H3,(H2,19,20,22). The molecule has 1 aromatic heterocycles. The number of amides is 2. The number of carbonyl (C=O) groups excluding carboxylic acids is 1. The first kappa shape index (κ1) is 17.5. The fourth-order valence-electron chi connectivity index (χ4n) is 2.49. The maximum atomic E-state index is 12.3. The molecule has 0 spiro atoms. The van der Waals surface area contributed by atoms with Crippen LogP contribution in [0.3, 0.4) is 0 Å². The quantitative estimate of drug-likeness (QED) is 0.818. The van der Waals surface area contributed by atoms with Gasteiger partial charge in [-0.3, -0.25) is 0 Å². The summed E-state index contributed by atoms with van der Waals surface area (Å²) in [6.07, 6.45) is 0.856. The van der Waals surface area contributed by atoms with E-state index in [1.807, 2.05) is 57.4 Å². The predicted octanol–water partition coefficient (Wildman–Crippen LogP) is 3.28. The molecule has 2 amide bonds. The molecule has 0 fully saturated rings. The van der Waals surface area contributed by atoms with E-state index in [1.165, 1.54) is 4.88 Å². The lowest BCUT2D eigenvalue weighted by Gasteiger charge is -2.24.